The molecule has 0 radical (unpaired) electrons. The third-order valence-corrected chi connectivity index (χ3v) is 7.35. The molecule has 0 bridgehead atoms. The molecule has 2 nitrogen and oxygen atoms in total. The lowest BCUT2D eigenvalue weighted by atomic mass is 9.55. The van der Waals surface area contributed by atoms with Gasteiger partial charge in [-0.25, -0.2) is 0 Å². The van der Waals surface area contributed by atoms with E-state index in [0.717, 1.165) is 23.3 Å². The van der Waals surface area contributed by atoms with E-state index in [2.05, 4.69) is 32.1 Å². The van der Waals surface area contributed by atoms with E-state index in [1.165, 1.54) is 44.1 Å². The standard InChI is InChI=1S/C22H31NO/c1-4-15-7-9-19-17-8-6-14-12-20(23)21(24-5-2)13-18(14)16(17)10-11-22(15,19)3/h4,12-13,16-17,19H,5-11,23H2,1-3H3/b15-4-. The van der Waals surface area contributed by atoms with Gasteiger partial charge in [0, 0.05) is 0 Å². The number of allylic oxidation sites excluding steroid dienone is 2. The summed E-state index contributed by atoms with van der Waals surface area (Å²) >= 11 is 0. The Morgan fingerprint density at radius 1 is 1.25 bits per heavy atom. The molecule has 2 N–H and O–H groups in total. The second kappa shape index (κ2) is 5.82. The quantitative estimate of drug-likeness (QED) is 0.578. The molecule has 2 saturated carbocycles. The molecule has 0 aromatic heterocycles. The summed E-state index contributed by atoms with van der Waals surface area (Å²) < 4.78 is 5.79. The van der Waals surface area contributed by atoms with Crippen molar-refractivity contribution in [3.05, 3.63) is 34.9 Å². The Morgan fingerprint density at radius 3 is 2.83 bits per heavy atom. The fraction of sp³-hybridized carbons (Fsp3) is 0.636. The van der Waals surface area contributed by atoms with Crippen LogP contribution in [0.2, 0.25) is 0 Å². The Balaban J connectivity index is 1.70. The van der Waals surface area contributed by atoms with Crippen LogP contribution >= 0.6 is 0 Å². The fourth-order valence-electron chi connectivity index (χ4n) is 6.22. The highest BCUT2D eigenvalue weighted by Gasteiger charge is 2.52. The molecule has 130 valence electrons. The Hall–Kier alpha value is -1.44. The molecule has 0 saturated heterocycles. The van der Waals surface area contributed by atoms with Gasteiger partial charge in [0.1, 0.15) is 5.75 Å². The van der Waals surface area contributed by atoms with Gasteiger partial charge in [-0.05, 0) is 98.8 Å². The average molecular weight is 325 g/mol. The third kappa shape index (κ3) is 2.22. The zero-order valence-electron chi connectivity index (χ0n) is 15.4. The maximum atomic E-state index is 6.21. The molecule has 2 fully saturated rings. The van der Waals surface area contributed by atoms with Crippen LogP contribution in [0.5, 0.6) is 5.75 Å². The Labute approximate surface area is 146 Å². The zero-order chi connectivity index (χ0) is 16.9. The molecule has 4 atom stereocenters. The third-order valence-electron chi connectivity index (χ3n) is 7.35. The summed E-state index contributed by atoms with van der Waals surface area (Å²) in [5.41, 5.74) is 12.2. The van der Waals surface area contributed by atoms with Crippen molar-refractivity contribution in [1.82, 2.24) is 0 Å². The van der Waals surface area contributed by atoms with E-state index in [0.29, 0.717) is 17.9 Å². The molecular weight excluding hydrogens is 294 g/mol. The molecule has 4 unspecified atom stereocenters. The van der Waals surface area contributed by atoms with E-state index in [1.807, 2.05) is 6.92 Å². The van der Waals surface area contributed by atoms with E-state index in [1.54, 1.807) is 11.1 Å². The maximum absolute atomic E-state index is 6.21. The summed E-state index contributed by atoms with van der Waals surface area (Å²) in [4.78, 5) is 0. The SMILES string of the molecule is C/C=C1/CCC2C3CCc4cc(N)c(OCC)cc4C3CCC12C. The second-order valence-corrected chi connectivity index (χ2v) is 8.25. The van der Waals surface area contributed by atoms with Crippen molar-refractivity contribution in [2.75, 3.05) is 12.3 Å². The predicted octanol–water partition coefficient (Wildman–Crippen LogP) is 5.47. The normalized spacial score (nSPS) is 36.1. The summed E-state index contributed by atoms with van der Waals surface area (Å²) in [6, 6.07) is 4.47. The highest BCUT2D eigenvalue weighted by molar-refractivity contribution is 5.58. The van der Waals surface area contributed by atoms with Crippen molar-refractivity contribution in [1.29, 1.82) is 0 Å². The topological polar surface area (TPSA) is 35.2 Å². The van der Waals surface area contributed by atoms with Crippen molar-refractivity contribution in [3.8, 4) is 5.75 Å². The van der Waals surface area contributed by atoms with Crippen molar-refractivity contribution >= 4 is 5.69 Å². The highest BCUT2D eigenvalue weighted by Crippen LogP contribution is 2.63. The van der Waals surface area contributed by atoms with Gasteiger partial charge < -0.3 is 10.5 Å². The molecule has 1 aromatic rings. The Kier molecular flexibility index (Phi) is 3.89. The molecular formula is C22H31NO. The number of benzene rings is 1. The van der Waals surface area contributed by atoms with Crippen molar-refractivity contribution in [2.24, 2.45) is 17.3 Å². The number of aryl methyl sites for hydroxylation is 1. The van der Waals surface area contributed by atoms with Crippen molar-refractivity contribution in [3.63, 3.8) is 0 Å². The molecule has 0 aliphatic heterocycles. The number of rotatable bonds is 2. The van der Waals surface area contributed by atoms with Gasteiger partial charge in [0.05, 0.1) is 12.3 Å². The minimum atomic E-state index is 0.462. The first-order valence-electron chi connectivity index (χ1n) is 9.79. The second-order valence-electron chi connectivity index (χ2n) is 8.25. The lowest BCUT2D eigenvalue weighted by Gasteiger charge is -2.49. The van der Waals surface area contributed by atoms with Crippen LogP contribution in [-0.2, 0) is 6.42 Å². The summed E-state index contributed by atoms with van der Waals surface area (Å²) in [5.74, 6) is 3.31. The van der Waals surface area contributed by atoms with E-state index in [-0.39, 0.29) is 0 Å². The number of hydrogen-bond acceptors (Lipinski definition) is 2. The number of nitrogens with two attached hydrogens (primary N) is 1. The van der Waals surface area contributed by atoms with Crippen LogP contribution in [0.15, 0.2) is 23.8 Å². The molecule has 3 aliphatic rings. The molecule has 24 heavy (non-hydrogen) atoms. The summed E-state index contributed by atoms with van der Waals surface area (Å²) in [7, 11) is 0. The van der Waals surface area contributed by atoms with Gasteiger partial charge in [-0.1, -0.05) is 18.6 Å². The number of anilines is 1. The predicted molar refractivity (Wildman–Crippen MR) is 100 cm³/mol. The molecule has 1 aromatic carbocycles. The molecule has 0 spiro atoms. The van der Waals surface area contributed by atoms with Crippen molar-refractivity contribution < 1.29 is 4.74 Å². The number of hydrogen-bond donors (Lipinski definition) is 1. The van der Waals surface area contributed by atoms with Gasteiger partial charge in [-0.2, -0.15) is 0 Å². The largest absolute Gasteiger partial charge is 0.492 e. The zero-order valence-corrected chi connectivity index (χ0v) is 15.4. The van der Waals surface area contributed by atoms with Gasteiger partial charge in [0.15, 0.2) is 0 Å². The van der Waals surface area contributed by atoms with E-state index in [9.17, 15) is 0 Å². The van der Waals surface area contributed by atoms with E-state index in [4.69, 9.17) is 10.5 Å². The van der Waals surface area contributed by atoms with Crippen LogP contribution in [0.3, 0.4) is 0 Å². The molecule has 4 rings (SSSR count). The van der Waals surface area contributed by atoms with Crippen LogP contribution in [-0.4, -0.2) is 6.61 Å². The maximum Gasteiger partial charge on any atom is 0.142 e. The minimum absolute atomic E-state index is 0.462. The molecule has 2 heteroatoms. The monoisotopic (exact) mass is 325 g/mol. The van der Waals surface area contributed by atoms with Gasteiger partial charge >= 0.3 is 0 Å². The average Bonchev–Trinajstić information content (AvgIpc) is 2.92. The van der Waals surface area contributed by atoms with E-state index >= 15 is 0 Å². The lowest BCUT2D eigenvalue weighted by Crippen LogP contribution is -2.40. The van der Waals surface area contributed by atoms with Gasteiger partial charge in [-0.15, -0.1) is 0 Å². The van der Waals surface area contributed by atoms with Gasteiger partial charge in [0.25, 0.3) is 0 Å². The van der Waals surface area contributed by atoms with Crippen LogP contribution in [0, 0.1) is 17.3 Å². The summed E-state index contributed by atoms with van der Waals surface area (Å²) in [6.45, 7) is 7.50. The number of ether oxygens (including phenoxy) is 1. The van der Waals surface area contributed by atoms with Gasteiger partial charge in [-0.3, -0.25) is 0 Å². The first-order chi connectivity index (χ1) is 11.6. The summed E-state index contributed by atoms with van der Waals surface area (Å²) in [6.07, 6.45) is 10.3. The summed E-state index contributed by atoms with van der Waals surface area (Å²) in [5, 5.41) is 0. The van der Waals surface area contributed by atoms with Crippen molar-refractivity contribution in [2.45, 2.75) is 65.2 Å². The smallest absolute Gasteiger partial charge is 0.142 e. The first-order valence-corrected chi connectivity index (χ1v) is 9.79. The number of nitrogen functional groups attached to an aromatic ring is 1. The van der Waals surface area contributed by atoms with Gasteiger partial charge in [0.2, 0.25) is 0 Å². The Bertz CT molecular complexity index is 677. The van der Waals surface area contributed by atoms with Crippen LogP contribution in [0.1, 0.15) is 69.9 Å². The lowest BCUT2D eigenvalue weighted by molar-refractivity contribution is 0.0812. The number of fused-ring (bicyclic) bond motifs is 5. The minimum Gasteiger partial charge on any atom is -0.492 e. The van der Waals surface area contributed by atoms with Crippen LogP contribution < -0.4 is 10.5 Å². The fourth-order valence-corrected chi connectivity index (χ4v) is 6.22. The molecule has 0 heterocycles. The van der Waals surface area contributed by atoms with Crippen LogP contribution in [0.25, 0.3) is 0 Å². The highest BCUT2D eigenvalue weighted by atomic mass is 16.5. The first kappa shape index (κ1) is 16.1. The molecule has 0 amide bonds. The molecule has 3 aliphatic carbocycles. The van der Waals surface area contributed by atoms with Crippen LogP contribution in [0.4, 0.5) is 5.69 Å². The Morgan fingerprint density at radius 2 is 2.08 bits per heavy atom. The van der Waals surface area contributed by atoms with E-state index < -0.39 is 0 Å².